The second-order valence-electron chi connectivity index (χ2n) is 13.8. The Morgan fingerprint density at radius 3 is 2.00 bits per heavy atom. The highest BCUT2D eigenvalue weighted by atomic mass is 35.5. The molecule has 0 unspecified atom stereocenters. The van der Waals surface area contributed by atoms with Gasteiger partial charge in [-0.3, -0.25) is 24.1 Å². The lowest BCUT2D eigenvalue weighted by Gasteiger charge is -2.50. The van der Waals surface area contributed by atoms with Crippen LogP contribution >= 0.6 is 23.2 Å². The summed E-state index contributed by atoms with van der Waals surface area (Å²) in [7, 11) is 0. The molecule has 2 aliphatic carbocycles. The lowest BCUT2D eigenvalue weighted by atomic mass is 9.56. The Hall–Kier alpha value is -4.99. The maximum Gasteiger partial charge on any atom is 0.258 e. The van der Waals surface area contributed by atoms with Crippen molar-refractivity contribution in [3.63, 3.8) is 0 Å². The summed E-state index contributed by atoms with van der Waals surface area (Å²) in [5, 5.41) is 14.0. The molecule has 51 heavy (non-hydrogen) atoms. The van der Waals surface area contributed by atoms with Gasteiger partial charge < -0.3 is 10.4 Å². The summed E-state index contributed by atoms with van der Waals surface area (Å²) in [6.45, 7) is 3.44. The topological polar surface area (TPSA) is 107 Å². The molecular weight excluding hydrogens is 692 g/mol. The Labute approximate surface area is 303 Å². The van der Waals surface area contributed by atoms with Crippen LogP contribution in [0.15, 0.2) is 103 Å². The number of rotatable bonds is 5. The minimum absolute atomic E-state index is 0.0727. The van der Waals surface area contributed by atoms with Crippen LogP contribution in [0.1, 0.15) is 35.4 Å². The van der Waals surface area contributed by atoms with E-state index in [2.05, 4.69) is 5.32 Å². The second-order valence-corrected chi connectivity index (χ2v) is 15.0. The molecule has 0 spiro atoms. The number of amides is 4. The van der Waals surface area contributed by atoms with Gasteiger partial charge in [0.25, 0.3) is 11.8 Å². The summed E-state index contributed by atoms with van der Waals surface area (Å²) in [6, 6.07) is 24.9. The Balaban J connectivity index is 1.21. The van der Waals surface area contributed by atoms with Crippen LogP contribution in [-0.2, 0) is 19.2 Å². The fraction of sp³-hybridized carbons (Fsp3) is 0.250. The number of anilines is 4. The summed E-state index contributed by atoms with van der Waals surface area (Å²) in [4.78, 5) is 55.5. The molecule has 2 saturated heterocycles. The number of carbonyl (C=O) groups excluding carboxylic acids is 4. The van der Waals surface area contributed by atoms with Crippen molar-refractivity contribution < 1.29 is 28.7 Å². The predicted octanol–water partition coefficient (Wildman–Crippen LogP) is 7.66. The SMILES string of the molecule is Cc1cc([C@H]2C3=CC[C@@H]4C(=O)N(c5ccc(Nc6ccccc6)cc5)C(=O)[C@@H]4[C@@H]3C[C@@]3(Cl)C(=O)N(c4ccc(F)cc4)C(=O)[C@@]23Cl)cc(C)c1O. The zero-order valence-corrected chi connectivity index (χ0v) is 29.1. The van der Waals surface area contributed by atoms with E-state index in [4.69, 9.17) is 23.2 Å². The lowest BCUT2D eigenvalue weighted by Crippen LogP contribution is -2.60. The highest BCUT2D eigenvalue weighted by molar-refractivity contribution is 6.58. The number of allylic oxidation sites excluding steroid dienone is 2. The smallest absolute Gasteiger partial charge is 0.258 e. The number of halogens is 3. The van der Waals surface area contributed by atoms with Gasteiger partial charge in [0.15, 0.2) is 9.75 Å². The largest absolute Gasteiger partial charge is 0.507 e. The van der Waals surface area contributed by atoms with Crippen LogP contribution in [0.3, 0.4) is 0 Å². The van der Waals surface area contributed by atoms with Gasteiger partial charge in [0.1, 0.15) is 11.6 Å². The quantitative estimate of drug-likeness (QED) is 0.124. The van der Waals surface area contributed by atoms with Gasteiger partial charge in [-0.1, -0.05) is 42.0 Å². The van der Waals surface area contributed by atoms with E-state index in [9.17, 15) is 28.7 Å². The van der Waals surface area contributed by atoms with Gasteiger partial charge >= 0.3 is 0 Å². The number of nitrogens with one attached hydrogen (secondary N) is 1. The molecular formula is C40H32Cl2FN3O5. The Morgan fingerprint density at radius 2 is 1.35 bits per heavy atom. The maximum atomic E-state index is 14.6. The molecule has 2 heterocycles. The van der Waals surface area contributed by atoms with Crippen molar-refractivity contribution in [1.82, 2.24) is 0 Å². The van der Waals surface area contributed by atoms with E-state index >= 15 is 0 Å². The highest BCUT2D eigenvalue weighted by Crippen LogP contribution is 2.66. The van der Waals surface area contributed by atoms with Crippen LogP contribution in [0.2, 0.25) is 0 Å². The predicted molar refractivity (Wildman–Crippen MR) is 193 cm³/mol. The number of para-hydroxylation sites is 1. The average molecular weight is 725 g/mol. The monoisotopic (exact) mass is 723 g/mol. The van der Waals surface area contributed by atoms with E-state index in [0.717, 1.165) is 28.4 Å². The number of aromatic hydroxyl groups is 1. The van der Waals surface area contributed by atoms with E-state index in [1.165, 1.54) is 17.0 Å². The molecule has 4 amide bonds. The van der Waals surface area contributed by atoms with Crippen LogP contribution < -0.4 is 15.1 Å². The van der Waals surface area contributed by atoms with Gasteiger partial charge in [0.05, 0.1) is 23.2 Å². The van der Waals surface area contributed by atoms with Crippen molar-refractivity contribution in [2.24, 2.45) is 17.8 Å². The standard InChI is InChI=1S/C40H32Cl2FN3O5/c1-21-18-23(19-22(2)34(21)47)33-29-16-17-30-32(36(49)45(35(30)48)27-14-10-26(11-15-27)44-25-6-4-3-5-7-25)31(29)20-39(41)37(50)46(38(51)40(33,39)42)28-12-8-24(43)9-13-28/h3-16,18-19,30-33,44,47H,17,20H2,1-2H3/t30-,31+,32-,33-,39+,40-/m0/s1. The van der Waals surface area contributed by atoms with Crippen molar-refractivity contribution in [1.29, 1.82) is 0 Å². The van der Waals surface area contributed by atoms with Crippen molar-refractivity contribution in [2.75, 3.05) is 15.1 Å². The van der Waals surface area contributed by atoms with Crippen LogP contribution in [-0.4, -0.2) is 38.5 Å². The van der Waals surface area contributed by atoms with Crippen molar-refractivity contribution in [3.05, 3.63) is 125 Å². The van der Waals surface area contributed by atoms with Gasteiger partial charge in [-0.25, -0.2) is 9.29 Å². The van der Waals surface area contributed by atoms with Crippen molar-refractivity contribution in [3.8, 4) is 5.75 Å². The molecule has 4 aromatic carbocycles. The number of fused-ring (bicyclic) bond motifs is 4. The number of carbonyl (C=O) groups is 4. The first kappa shape index (κ1) is 33.2. The summed E-state index contributed by atoms with van der Waals surface area (Å²) in [5.41, 5.74) is 4.41. The number of aryl methyl sites for hydroxylation is 2. The molecule has 11 heteroatoms. The van der Waals surface area contributed by atoms with E-state index in [0.29, 0.717) is 28.0 Å². The summed E-state index contributed by atoms with van der Waals surface area (Å²) >= 11 is 14.9. The van der Waals surface area contributed by atoms with Crippen LogP contribution in [0.5, 0.6) is 5.75 Å². The van der Waals surface area contributed by atoms with Crippen LogP contribution in [0.25, 0.3) is 0 Å². The third kappa shape index (κ3) is 4.78. The van der Waals surface area contributed by atoms with Gasteiger partial charge in [-0.2, -0.15) is 0 Å². The zero-order chi connectivity index (χ0) is 36.0. The number of phenolic OH excluding ortho intramolecular Hbond substituents is 1. The number of benzene rings is 4. The van der Waals surface area contributed by atoms with Gasteiger partial charge in [-0.05, 0) is 110 Å². The molecule has 0 bridgehead atoms. The van der Waals surface area contributed by atoms with E-state index in [1.54, 1.807) is 50.2 Å². The molecule has 4 aromatic rings. The molecule has 2 N–H and O–H groups in total. The van der Waals surface area contributed by atoms with Crippen molar-refractivity contribution in [2.45, 2.75) is 42.4 Å². The lowest BCUT2D eigenvalue weighted by molar-refractivity contribution is -0.125. The highest BCUT2D eigenvalue weighted by Gasteiger charge is 2.76. The number of imide groups is 2. The number of hydrogen-bond acceptors (Lipinski definition) is 6. The summed E-state index contributed by atoms with van der Waals surface area (Å²) < 4.78 is 13.9. The van der Waals surface area contributed by atoms with Crippen LogP contribution in [0.4, 0.5) is 27.1 Å². The molecule has 8 rings (SSSR count). The molecule has 8 nitrogen and oxygen atoms in total. The third-order valence-electron chi connectivity index (χ3n) is 10.9. The molecule has 2 aliphatic heterocycles. The number of alkyl halides is 2. The fourth-order valence-electron chi connectivity index (χ4n) is 8.57. The summed E-state index contributed by atoms with van der Waals surface area (Å²) in [5.74, 6) is -6.14. The second kappa shape index (κ2) is 11.8. The first-order valence-electron chi connectivity index (χ1n) is 16.7. The fourth-order valence-corrected chi connectivity index (χ4v) is 9.50. The Kier molecular flexibility index (Phi) is 7.66. The van der Waals surface area contributed by atoms with Gasteiger partial charge in [0, 0.05) is 17.3 Å². The summed E-state index contributed by atoms with van der Waals surface area (Å²) in [6.07, 6.45) is 1.89. The number of phenols is 1. The number of nitrogens with zero attached hydrogens (tertiary/aromatic N) is 2. The van der Waals surface area contributed by atoms with E-state index < -0.39 is 57.0 Å². The third-order valence-corrected chi connectivity index (χ3v) is 12.3. The molecule has 3 fully saturated rings. The first-order chi connectivity index (χ1) is 24.3. The Bertz CT molecular complexity index is 2150. The normalized spacial score (nSPS) is 28.4. The van der Waals surface area contributed by atoms with E-state index in [-0.39, 0.29) is 30.2 Å². The molecule has 0 aromatic heterocycles. The number of hydrogen-bond donors (Lipinski definition) is 2. The van der Waals surface area contributed by atoms with Gasteiger partial charge in [0.2, 0.25) is 11.8 Å². The van der Waals surface area contributed by atoms with Crippen LogP contribution in [0, 0.1) is 37.4 Å². The molecule has 4 aliphatic rings. The molecule has 258 valence electrons. The maximum absolute atomic E-state index is 14.6. The van der Waals surface area contributed by atoms with E-state index in [1.807, 2.05) is 36.4 Å². The van der Waals surface area contributed by atoms with Crippen molar-refractivity contribution >= 4 is 69.6 Å². The zero-order valence-electron chi connectivity index (χ0n) is 27.6. The minimum atomic E-state index is -2.06. The molecule has 0 radical (unpaired) electrons. The average Bonchev–Trinajstić information content (AvgIpc) is 3.45. The molecule has 6 atom stereocenters. The molecule has 1 saturated carbocycles. The van der Waals surface area contributed by atoms with Gasteiger partial charge in [-0.15, -0.1) is 23.2 Å². The first-order valence-corrected chi connectivity index (χ1v) is 17.4. The Morgan fingerprint density at radius 1 is 0.765 bits per heavy atom. The minimum Gasteiger partial charge on any atom is -0.507 e.